The van der Waals surface area contributed by atoms with Crippen LogP contribution in [0.3, 0.4) is 0 Å². The number of aryl methyl sites for hydroxylation is 1. The molecule has 0 fully saturated rings. The maximum Gasteiger partial charge on any atom is 0.151 e. The quantitative estimate of drug-likeness (QED) is 0.658. The van der Waals surface area contributed by atoms with E-state index in [0.717, 1.165) is 11.3 Å². The van der Waals surface area contributed by atoms with Gasteiger partial charge in [0.25, 0.3) is 0 Å². The Morgan fingerprint density at radius 2 is 2.25 bits per heavy atom. The third kappa shape index (κ3) is 1.96. The van der Waals surface area contributed by atoms with E-state index in [1.807, 2.05) is 25.1 Å². The van der Waals surface area contributed by atoms with Crippen LogP contribution in [0, 0.1) is 6.92 Å². The maximum absolute atomic E-state index is 5.54. The lowest BCUT2D eigenvalue weighted by molar-refractivity contribution is 0.221. The second kappa shape index (κ2) is 4.09. The van der Waals surface area contributed by atoms with E-state index in [2.05, 4.69) is 5.48 Å². The van der Waals surface area contributed by atoms with Crippen molar-refractivity contribution in [1.29, 1.82) is 0 Å². The molecule has 1 rings (SSSR count). The third-order valence-corrected chi connectivity index (χ3v) is 1.65. The summed E-state index contributed by atoms with van der Waals surface area (Å²) in [6.07, 6.45) is 0. The first kappa shape index (κ1) is 9.03. The van der Waals surface area contributed by atoms with Crippen LogP contribution in [0.1, 0.15) is 11.1 Å². The Balaban J connectivity index is 2.94. The molecule has 0 saturated heterocycles. The molecule has 0 amide bonds. The molecule has 0 unspecified atom stereocenters. The van der Waals surface area contributed by atoms with E-state index < -0.39 is 0 Å². The second-order valence-electron chi connectivity index (χ2n) is 2.62. The summed E-state index contributed by atoms with van der Waals surface area (Å²) in [5.74, 6) is 0.797. The molecular formula is C9H14N2O. The molecule has 0 radical (unpaired) electrons. The van der Waals surface area contributed by atoms with Gasteiger partial charge in [0.2, 0.25) is 0 Å². The Labute approximate surface area is 72.5 Å². The zero-order valence-corrected chi connectivity index (χ0v) is 7.42. The Bertz CT molecular complexity index is 261. The van der Waals surface area contributed by atoms with Crippen LogP contribution in [0.2, 0.25) is 0 Å². The Morgan fingerprint density at radius 1 is 1.50 bits per heavy atom. The first-order valence-corrected chi connectivity index (χ1v) is 3.91. The summed E-state index contributed by atoms with van der Waals surface area (Å²) in [5, 5.41) is 0. The molecule has 1 aromatic carbocycles. The van der Waals surface area contributed by atoms with Crippen LogP contribution in [0.15, 0.2) is 18.2 Å². The molecule has 66 valence electrons. The van der Waals surface area contributed by atoms with Crippen molar-refractivity contribution in [3.63, 3.8) is 0 Å². The lowest BCUT2D eigenvalue weighted by atomic mass is 10.1. The van der Waals surface area contributed by atoms with Gasteiger partial charge in [-0.15, -0.1) is 0 Å². The molecule has 0 heterocycles. The van der Waals surface area contributed by atoms with Crippen molar-refractivity contribution in [1.82, 2.24) is 5.48 Å². The molecule has 0 atom stereocenters. The monoisotopic (exact) mass is 166 g/mol. The van der Waals surface area contributed by atoms with Gasteiger partial charge >= 0.3 is 0 Å². The minimum absolute atomic E-state index is 0.499. The first-order chi connectivity index (χ1) is 5.77. The molecule has 0 spiro atoms. The predicted molar refractivity (Wildman–Crippen MR) is 48.8 cm³/mol. The number of hydrogen-bond donors (Lipinski definition) is 2. The van der Waals surface area contributed by atoms with E-state index >= 15 is 0 Å². The van der Waals surface area contributed by atoms with Crippen molar-refractivity contribution in [2.75, 3.05) is 7.05 Å². The van der Waals surface area contributed by atoms with Gasteiger partial charge in [0, 0.05) is 19.2 Å². The van der Waals surface area contributed by atoms with Gasteiger partial charge in [-0.05, 0) is 13.0 Å². The van der Waals surface area contributed by atoms with Crippen LogP contribution in [-0.4, -0.2) is 7.05 Å². The topological polar surface area (TPSA) is 47.3 Å². The van der Waals surface area contributed by atoms with Crippen molar-refractivity contribution in [3.05, 3.63) is 29.3 Å². The number of rotatable bonds is 3. The Hall–Kier alpha value is -1.06. The SMILES string of the molecule is CNOc1ccc(C)cc1CN. The molecule has 3 heteroatoms. The summed E-state index contributed by atoms with van der Waals surface area (Å²) in [7, 11) is 1.72. The molecule has 0 saturated carbocycles. The van der Waals surface area contributed by atoms with Crippen LogP contribution < -0.4 is 16.1 Å². The van der Waals surface area contributed by atoms with Crippen LogP contribution >= 0.6 is 0 Å². The minimum atomic E-state index is 0.499. The van der Waals surface area contributed by atoms with Crippen LogP contribution in [0.5, 0.6) is 5.75 Å². The van der Waals surface area contributed by atoms with Gasteiger partial charge in [-0.1, -0.05) is 17.7 Å². The second-order valence-corrected chi connectivity index (χ2v) is 2.62. The summed E-state index contributed by atoms with van der Waals surface area (Å²) in [6.45, 7) is 2.53. The van der Waals surface area contributed by atoms with E-state index in [9.17, 15) is 0 Å². The Kier molecular flexibility index (Phi) is 3.08. The highest BCUT2D eigenvalue weighted by molar-refractivity contribution is 5.36. The zero-order valence-electron chi connectivity index (χ0n) is 7.42. The molecule has 12 heavy (non-hydrogen) atoms. The summed E-state index contributed by atoms with van der Waals surface area (Å²) >= 11 is 0. The van der Waals surface area contributed by atoms with E-state index in [4.69, 9.17) is 10.6 Å². The summed E-state index contributed by atoms with van der Waals surface area (Å²) in [6, 6.07) is 5.92. The average molecular weight is 166 g/mol. The number of nitrogens with one attached hydrogen (secondary N) is 1. The van der Waals surface area contributed by atoms with Gasteiger partial charge in [-0.25, -0.2) is 0 Å². The van der Waals surface area contributed by atoms with Gasteiger partial charge in [0.15, 0.2) is 5.75 Å². The third-order valence-electron chi connectivity index (χ3n) is 1.65. The first-order valence-electron chi connectivity index (χ1n) is 3.91. The van der Waals surface area contributed by atoms with Gasteiger partial charge in [0.05, 0.1) is 0 Å². The van der Waals surface area contributed by atoms with Crippen molar-refractivity contribution >= 4 is 0 Å². The van der Waals surface area contributed by atoms with E-state index in [1.54, 1.807) is 7.05 Å². The molecule has 0 bridgehead atoms. The summed E-state index contributed by atoms with van der Waals surface area (Å²) in [4.78, 5) is 5.15. The minimum Gasteiger partial charge on any atom is -0.409 e. The maximum atomic E-state index is 5.54. The van der Waals surface area contributed by atoms with E-state index in [-0.39, 0.29) is 0 Å². The zero-order chi connectivity index (χ0) is 8.97. The summed E-state index contributed by atoms with van der Waals surface area (Å²) < 4.78 is 0. The fraction of sp³-hybridized carbons (Fsp3) is 0.333. The van der Waals surface area contributed by atoms with Crippen LogP contribution in [-0.2, 0) is 6.54 Å². The fourth-order valence-corrected chi connectivity index (χ4v) is 1.08. The molecule has 0 aliphatic carbocycles. The van der Waals surface area contributed by atoms with Gasteiger partial charge < -0.3 is 10.6 Å². The van der Waals surface area contributed by atoms with Gasteiger partial charge in [-0.2, -0.15) is 5.48 Å². The van der Waals surface area contributed by atoms with Gasteiger partial charge in [0.1, 0.15) is 0 Å². The standard InChI is InChI=1S/C9H14N2O/c1-7-3-4-9(12-11-2)8(5-7)6-10/h3-5,11H,6,10H2,1-2H3. The molecule has 1 aromatic rings. The van der Waals surface area contributed by atoms with Crippen molar-refractivity contribution in [2.24, 2.45) is 5.73 Å². The van der Waals surface area contributed by atoms with E-state index in [1.165, 1.54) is 5.56 Å². The van der Waals surface area contributed by atoms with Gasteiger partial charge in [-0.3, -0.25) is 0 Å². The predicted octanol–water partition coefficient (Wildman–Crippen LogP) is 0.967. The molecule has 0 aliphatic heterocycles. The van der Waals surface area contributed by atoms with Crippen molar-refractivity contribution < 1.29 is 4.84 Å². The lowest BCUT2D eigenvalue weighted by Crippen LogP contribution is -2.13. The number of nitrogens with two attached hydrogens (primary N) is 1. The van der Waals surface area contributed by atoms with Crippen LogP contribution in [0.4, 0.5) is 0 Å². The average Bonchev–Trinajstić information content (AvgIpc) is 2.08. The Morgan fingerprint density at radius 3 is 2.83 bits per heavy atom. The molecular weight excluding hydrogens is 152 g/mol. The highest BCUT2D eigenvalue weighted by Crippen LogP contribution is 2.18. The molecule has 3 nitrogen and oxygen atoms in total. The largest absolute Gasteiger partial charge is 0.409 e. The molecule has 3 N–H and O–H groups in total. The number of hydrogen-bond acceptors (Lipinski definition) is 3. The highest BCUT2D eigenvalue weighted by Gasteiger charge is 2.00. The number of benzene rings is 1. The molecule has 0 aliphatic rings. The normalized spacial score (nSPS) is 9.92. The lowest BCUT2D eigenvalue weighted by Gasteiger charge is -2.08. The van der Waals surface area contributed by atoms with E-state index in [0.29, 0.717) is 6.54 Å². The number of hydroxylamine groups is 1. The van der Waals surface area contributed by atoms with Crippen molar-refractivity contribution in [2.45, 2.75) is 13.5 Å². The fourth-order valence-electron chi connectivity index (χ4n) is 1.08. The highest BCUT2D eigenvalue weighted by atomic mass is 16.6. The molecule has 0 aromatic heterocycles. The van der Waals surface area contributed by atoms with Crippen LogP contribution in [0.25, 0.3) is 0 Å². The smallest absolute Gasteiger partial charge is 0.151 e. The van der Waals surface area contributed by atoms with Crippen molar-refractivity contribution in [3.8, 4) is 5.75 Å². The summed E-state index contributed by atoms with van der Waals surface area (Å²) in [5.41, 5.74) is 10.4.